The van der Waals surface area contributed by atoms with Crippen LogP contribution in [0.1, 0.15) is 29.9 Å². The fourth-order valence-electron chi connectivity index (χ4n) is 4.91. The van der Waals surface area contributed by atoms with Crippen molar-refractivity contribution in [3.63, 3.8) is 0 Å². The van der Waals surface area contributed by atoms with Crippen LogP contribution in [-0.4, -0.2) is 40.8 Å². The summed E-state index contributed by atoms with van der Waals surface area (Å²) in [6, 6.07) is 25.1. The zero-order valence-corrected chi connectivity index (χ0v) is 20.7. The van der Waals surface area contributed by atoms with Gasteiger partial charge in [-0.05, 0) is 78.8 Å². The van der Waals surface area contributed by atoms with Gasteiger partial charge in [-0.25, -0.2) is 4.39 Å². The number of aryl methyl sites for hydroxylation is 1. The quantitative estimate of drug-likeness (QED) is 0.334. The van der Waals surface area contributed by atoms with Gasteiger partial charge in [0.25, 0.3) is 0 Å². The highest BCUT2D eigenvalue weighted by atomic mass is 19.1. The third-order valence-corrected chi connectivity index (χ3v) is 7.00. The van der Waals surface area contributed by atoms with Crippen molar-refractivity contribution < 1.29 is 13.9 Å². The zero-order chi connectivity index (χ0) is 25.1. The third-order valence-electron chi connectivity index (χ3n) is 7.00. The molecule has 0 bridgehead atoms. The number of halogens is 1. The maximum Gasteiger partial charge on any atom is 0.244 e. The largest absolute Gasteiger partial charge is 0.497 e. The Balaban J connectivity index is 1.34. The molecule has 1 aromatic heterocycles. The van der Waals surface area contributed by atoms with Crippen LogP contribution < -0.4 is 4.74 Å². The van der Waals surface area contributed by atoms with Gasteiger partial charge in [0.05, 0.1) is 18.5 Å². The van der Waals surface area contributed by atoms with Crippen molar-refractivity contribution in [2.24, 2.45) is 0 Å². The van der Waals surface area contributed by atoms with Gasteiger partial charge in [0.2, 0.25) is 5.91 Å². The van der Waals surface area contributed by atoms with Crippen LogP contribution in [0.4, 0.5) is 4.39 Å². The highest BCUT2D eigenvalue weighted by Crippen LogP contribution is 2.31. The van der Waals surface area contributed by atoms with Crippen LogP contribution in [-0.2, 0) is 11.3 Å². The molecular weight excluding hydrogens is 453 g/mol. The van der Waals surface area contributed by atoms with E-state index in [2.05, 4.69) is 12.1 Å². The second kappa shape index (κ2) is 10.4. The second-order valence-corrected chi connectivity index (χ2v) is 9.33. The van der Waals surface area contributed by atoms with Gasteiger partial charge in [0.1, 0.15) is 18.1 Å². The molecule has 1 amide bonds. The monoisotopic (exact) mass is 483 g/mol. The molecule has 0 N–H and O–H groups in total. The minimum atomic E-state index is -0.242. The van der Waals surface area contributed by atoms with Crippen LogP contribution in [0, 0.1) is 12.7 Å². The summed E-state index contributed by atoms with van der Waals surface area (Å²) in [5.74, 6) is 1.10. The first-order valence-corrected chi connectivity index (χ1v) is 12.3. The molecule has 1 aliphatic rings. The lowest BCUT2D eigenvalue weighted by Crippen LogP contribution is -2.40. The Morgan fingerprint density at radius 3 is 2.47 bits per heavy atom. The first-order valence-electron chi connectivity index (χ1n) is 12.3. The number of benzene rings is 3. The van der Waals surface area contributed by atoms with E-state index in [1.807, 2.05) is 53.4 Å². The Morgan fingerprint density at radius 1 is 0.972 bits per heavy atom. The maximum atomic E-state index is 13.8. The smallest absolute Gasteiger partial charge is 0.244 e. The summed E-state index contributed by atoms with van der Waals surface area (Å²) in [4.78, 5) is 15.3. The fraction of sp³-hybridized carbons (Fsp3) is 0.267. The average Bonchev–Trinajstić information content (AvgIpc) is 3.34. The number of aromatic nitrogens is 2. The number of hydrogen-bond acceptors (Lipinski definition) is 3. The van der Waals surface area contributed by atoms with E-state index in [1.54, 1.807) is 30.8 Å². The number of carbonyl (C=O) groups excluding carboxylic acids is 1. The Morgan fingerprint density at radius 2 is 1.75 bits per heavy atom. The van der Waals surface area contributed by atoms with Crippen molar-refractivity contribution in [2.45, 2.75) is 32.2 Å². The van der Waals surface area contributed by atoms with E-state index < -0.39 is 0 Å². The number of nitrogens with zero attached hydrogens (tertiary/aromatic N) is 3. The van der Waals surface area contributed by atoms with Crippen molar-refractivity contribution in [1.82, 2.24) is 14.7 Å². The van der Waals surface area contributed by atoms with E-state index in [0.717, 1.165) is 41.1 Å². The number of hydrogen-bond donors (Lipinski definition) is 0. The minimum Gasteiger partial charge on any atom is -0.497 e. The van der Waals surface area contributed by atoms with E-state index >= 15 is 0 Å². The molecule has 0 spiro atoms. The summed E-state index contributed by atoms with van der Waals surface area (Å²) in [5.41, 5.74) is 5.24. The van der Waals surface area contributed by atoms with E-state index in [1.165, 1.54) is 11.6 Å². The molecule has 4 aromatic rings. The molecule has 1 fully saturated rings. The molecule has 1 saturated heterocycles. The molecule has 3 aromatic carbocycles. The first kappa shape index (κ1) is 23.8. The third kappa shape index (κ3) is 5.03. The van der Waals surface area contributed by atoms with Gasteiger partial charge in [-0.1, -0.05) is 42.5 Å². The van der Waals surface area contributed by atoms with Crippen LogP contribution in [0.2, 0.25) is 0 Å². The van der Waals surface area contributed by atoms with Crippen LogP contribution in [0.3, 0.4) is 0 Å². The predicted molar refractivity (Wildman–Crippen MR) is 139 cm³/mol. The number of amides is 1. The van der Waals surface area contributed by atoms with Crippen LogP contribution in [0.25, 0.3) is 22.5 Å². The molecule has 6 heteroatoms. The summed E-state index contributed by atoms with van der Waals surface area (Å²) in [6.45, 7) is 3.33. The molecule has 1 aliphatic heterocycles. The maximum absolute atomic E-state index is 13.8. The van der Waals surface area contributed by atoms with Crippen molar-refractivity contribution in [1.29, 1.82) is 0 Å². The Bertz CT molecular complexity index is 1360. The molecule has 0 saturated carbocycles. The Labute approximate surface area is 211 Å². The standard InChI is InChI=1S/C30H30FN3O2/c1-21-17-25(11-12-27(21)31)28-19-29(23-7-4-3-5-8-23)34(32-28)20-30(35)33-15-13-22(14-16-33)24-9-6-10-26(18-24)36-2/h3-12,17-19,22H,13-16,20H2,1-2H3. The fourth-order valence-corrected chi connectivity index (χ4v) is 4.91. The Hall–Kier alpha value is -3.93. The van der Waals surface area contributed by atoms with Crippen LogP contribution in [0.15, 0.2) is 78.9 Å². The molecular formula is C30H30FN3O2. The van der Waals surface area contributed by atoms with Gasteiger partial charge in [-0.2, -0.15) is 5.10 Å². The summed E-state index contributed by atoms with van der Waals surface area (Å²) in [5, 5.41) is 4.78. The van der Waals surface area contributed by atoms with Crippen molar-refractivity contribution in [3.8, 4) is 28.3 Å². The lowest BCUT2D eigenvalue weighted by molar-refractivity contribution is -0.133. The average molecular weight is 484 g/mol. The number of likely N-dealkylation sites (tertiary alicyclic amines) is 1. The summed E-state index contributed by atoms with van der Waals surface area (Å²) < 4.78 is 21.0. The molecule has 2 heterocycles. The SMILES string of the molecule is COc1cccc(C2CCN(C(=O)Cn3nc(-c4ccc(F)c(C)c4)cc3-c3ccccc3)CC2)c1. The van der Waals surface area contributed by atoms with Gasteiger partial charge < -0.3 is 9.64 Å². The van der Waals surface area contributed by atoms with Crippen LogP contribution in [0.5, 0.6) is 5.75 Å². The number of ether oxygens (including phenoxy) is 1. The number of piperidine rings is 1. The first-order chi connectivity index (χ1) is 17.5. The lowest BCUT2D eigenvalue weighted by Gasteiger charge is -2.32. The summed E-state index contributed by atoms with van der Waals surface area (Å²) >= 11 is 0. The van der Waals surface area contributed by atoms with Gasteiger partial charge in [-0.3, -0.25) is 9.48 Å². The normalized spacial score (nSPS) is 14.1. The lowest BCUT2D eigenvalue weighted by atomic mass is 9.89. The van der Waals surface area contributed by atoms with Crippen molar-refractivity contribution >= 4 is 5.91 Å². The molecule has 0 aliphatic carbocycles. The van der Waals surface area contributed by atoms with Gasteiger partial charge in [0, 0.05) is 18.7 Å². The van der Waals surface area contributed by atoms with E-state index in [-0.39, 0.29) is 18.3 Å². The number of carbonyl (C=O) groups is 1. The minimum absolute atomic E-state index is 0.0567. The highest BCUT2D eigenvalue weighted by Gasteiger charge is 2.25. The van der Waals surface area contributed by atoms with Gasteiger partial charge in [-0.15, -0.1) is 0 Å². The molecule has 0 radical (unpaired) electrons. The molecule has 5 nitrogen and oxygen atoms in total. The van der Waals surface area contributed by atoms with Gasteiger partial charge >= 0.3 is 0 Å². The zero-order valence-electron chi connectivity index (χ0n) is 20.7. The molecule has 0 unspecified atom stereocenters. The van der Waals surface area contributed by atoms with Gasteiger partial charge in [0.15, 0.2) is 0 Å². The molecule has 184 valence electrons. The van der Waals surface area contributed by atoms with Crippen LogP contribution >= 0.6 is 0 Å². The Kier molecular flexibility index (Phi) is 6.85. The molecule has 5 rings (SSSR count). The topological polar surface area (TPSA) is 47.4 Å². The van der Waals surface area contributed by atoms with E-state index in [4.69, 9.17) is 9.84 Å². The number of methoxy groups -OCH3 is 1. The summed E-state index contributed by atoms with van der Waals surface area (Å²) in [6.07, 6.45) is 1.84. The highest BCUT2D eigenvalue weighted by molar-refractivity contribution is 5.78. The predicted octanol–water partition coefficient (Wildman–Crippen LogP) is 6.08. The molecule has 36 heavy (non-hydrogen) atoms. The van der Waals surface area contributed by atoms with Crippen molar-refractivity contribution in [2.75, 3.05) is 20.2 Å². The van der Waals surface area contributed by atoms with E-state index in [9.17, 15) is 9.18 Å². The molecule has 0 atom stereocenters. The van der Waals surface area contributed by atoms with Crippen molar-refractivity contribution in [3.05, 3.63) is 95.8 Å². The van der Waals surface area contributed by atoms with E-state index in [0.29, 0.717) is 24.6 Å². The summed E-state index contributed by atoms with van der Waals surface area (Å²) in [7, 11) is 1.68. The number of rotatable bonds is 6. The second-order valence-electron chi connectivity index (χ2n) is 9.33.